The van der Waals surface area contributed by atoms with Gasteiger partial charge in [0.2, 0.25) is 0 Å². The molecule has 0 aliphatic carbocycles. The van der Waals surface area contributed by atoms with E-state index in [1.165, 1.54) is 6.92 Å². The molecule has 6 heteroatoms. The first-order valence-electron chi connectivity index (χ1n) is 5.39. The number of aliphatic carboxylic acids is 1. The Kier molecular flexibility index (Phi) is 3.96. The van der Waals surface area contributed by atoms with E-state index in [1.54, 1.807) is 6.92 Å². The van der Waals surface area contributed by atoms with Gasteiger partial charge in [-0.1, -0.05) is 0 Å². The third-order valence-corrected chi connectivity index (χ3v) is 4.93. The van der Waals surface area contributed by atoms with Gasteiger partial charge in [-0.05, 0) is 26.7 Å². The van der Waals surface area contributed by atoms with Crippen LogP contribution in [0.5, 0.6) is 0 Å². The highest BCUT2D eigenvalue weighted by atomic mass is 32.2. The average molecular weight is 250 g/mol. The fourth-order valence-corrected chi connectivity index (χ4v) is 3.98. The second-order valence-corrected chi connectivity index (χ2v) is 6.53. The number of hydrogen-bond donors (Lipinski definition) is 1. The molecule has 0 aromatic carbocycles. The van der Waals surface area contributed by atoms with Crippen molar-refractivity contribution in [3.63, 3.8) is 0 Å². The van der Waals surface area contributed by atoms with Crippen LogP contribution in [0.25, 0.3) is 0 Å². The van der Waals surface area contributed by atoms with Crippen LogP contribution in [0.4, 0.5) is 0 Å². The van der Waals surface area contributed by atoms with E-state index in [9.17, 15) is 13.2 Å². The fraction of sp³-hybridized carbons (Fsp3) is 0.900. The molecule has 1 rings (SSSR count). The lowest BCUT2D eigenvalue weighted by molar-refractivity contribution is -0.170. The molecule has 2 unspecified atom stereocenters. The minimum atomic E-state index is -3.11. The Morgan fingerprint density at radius 2 is 2.19 bits per heavy atom. The zero-order valence-electron chi connectivity index (χ0n) is 9.60. The van der Waals surface area contributed by atoms with Gasteiger partial charge in [0.25, 0.3) is 0 Å². The Labute approximate surface area is 95.7 Å². The Hall–Kier alpha value is -0.620. The summed E-state index contributed by atoms with van der Waals surface area (Å²) in [6.07, 6.45) is 1.10. The van der Waals surface area contributed by atoms with Gasteiger partial charge in [0.15, 0.2) is 15.4 Å². The SMILES string of the molecule is CCOC(C)(C(=O)O)C1CCCS(=O)(=O)C1. The molecule has 0 amide bonds. The van der Waals surface area contributed by atoms with Crippen molar-refractivity contribution in [2.24, 2.45) is 5.92 Å². The molecule has 1 aliphatic rings. The summed E-state index contributed by atoms with van der Waals surface area (Å²) >= 11 is 0. The molecule has 0 bridgehead atoms. The van der Waals surface area contributed by atoms with E-state index in [1.807, 2.05) is 0 Å². The monoisotopic (exact) mass is 250 g/mol. The van der Waals surface area contributed by atoms with E-state index in [4.69, 9.17) is 9.84 Å². The maximum atomic E-state index is 11.5. The first kappa shape index (κ1) is 13.4. The molecular formula is C10H18O5S. The maximum absolute atomic E-state index is 11.5. The number of carbonyl (C=O) groups is 1. The summed E-state index contributed by atoms with van der Waals surface area (Å²) in [5.74, 6) is -1.47. The van der Waals surface area contributed by atoms with E-state index in [0.717, 1.165) is 0 Å². The number of rotatable bonds is 4. The molecule has 5 nitrogen and oxygen atoms in total. The van der Waals surface area contributed by atoms with Crippen molar-refractivity contribution in [3.8, 4) is 0 Å². The average Bonchev–Trinajstić information content (AvgIpc) is 2.16. The van der Waals surface area contributed by atoms with Crippen molar-refractivity contribution in [1.82, 2.24) is 0 Å². The molecule has 0 aromatic heterocycles. The van der Waals surface area contributed by atoms with E-state index in [0.29, 0.717) is 12.8 Å². The fourth-order valence-electron chi connectivity index (χ4n) is 2.11. The Morgan fingerprint density at radius 1 is 1.56 bits per heavy atom. The maximum Gasteiger partial charge on any atom is 0.336 e. The Morgan fingerprint density at radius 3 is 2.62 bits per heavy atom. The number of carboxylic acid groups (broad SMARTS) is 1. The van der Waals surface area contributed by atoms with Gasteiger partial charge >= 0.3 is 5.97 Å². The van der Waals surface area contributed by atoms with Crippen LogP contribution in [-0.2, 0) is 19.4 Å². The van der Waals surface area contributed by atoms with E-state index < -0.39 is 27.3 Å². The molecule has 94 valence electrons. The highest BCUT2D eigenvalue weighted by Crippen LogP contribution is 2.31. The predicted octanol–water partition coefficient (Wildman–Crippen LogP) is 0.691. The second-order valence-electron chi connectivity index (χ2n) is 4.30. The van der Waals surface area contributed by atoms with Crippen molar-refractivity contribution < 1.29 is 23.1 Å². The highest BCUT2D eigenvalue weighted by molar-refractivity contribution is 7.91. The van der Waals surface area contributed by atoms with Crippen molar-refractivity contribution in [2.45, 2.75) is 32.3 Å². The number of carboxylic acids is 1. The normalized spacial score (nSPS) is 28.2. The summed E-state index contributed by atoms with van der Waals surface area (Å²) in [6.45, 7) is 3.43. The van der Waals surface area contributed by atoms with Gasteiger partial charge < -0.3 is 9.84 Å². The molecule has 1 fully saturated rings. The number of ether oxygens (including phenoxy) is 1. The van der Waals surface area contributed by atoms with Gasteiger partial charge in [0, 0.05) is 12.5 Å². The molecule has 0 aromatic rings. The summed E-state index contributed by atoms with van der Waals surface area (Å²) in [4.78, 5) is 11.2. The molecular weight excluding hydrogens is 232 g/mol. The van der Waals surface area contributed by atoms with Crippen molar-refractivity contribution in [1.29, 1.82) is 0 Å². The summed E-state index contributed by atoms with van der Waals surface area (Å²) in [7, 11) is -3.11. The zero-order valence-corrected chi connectivity index (χ0v) is 10.4. The van der Waals surface area contributed by atoms with Gasteiger partial charge in [-0.25, -0.2) is 13.2 Å². The number of hydrogen-bond acceptors (Lipinski definition) is 4. The smallest absolute Gasteiger partial charge is 0.336 e. The van der Waals surface area contributed by atoms with Crippen LogP contribution >= 0.6 is 0 Å². The molecule has 0 radical (unpaired) electrons. The van der Waals surface area contributed by atoms with Crippen LogP contribution in [0.15, 0.2) is 0 Å². The summed E-state index contributed by atoms with van der Waals surface area (Å²) in [6, 6.07) is 0. The molecule has 16 heavy (non-hydrogen) atoms. The summed E-state index contributed by atoms with van der Waals surface area (Å²) in [5.41, 5.74) is -1.39. The number of sulfone groups is 1. The molecule has 1 N–H and O–H groups in total. The van der Waals surface area contributed by atoms with E-state index >= 15 is 0 Å². The third-order valence-electron chi connectivity index (χ3n) is 3.11. The zero-order chi connectivity index (χ0) is 12.4. The third kappa shape index (κ3) is 2.74. The van der Waals surface area contributed by atoms with Gasteiger partial charge in [0.05, 0.1) is 11.5 Å². The topological polar surface area (TPSA) is 80.7 Å². The van der Waals surface area contributed by atoms with E-state index in [2.05, 4.69) is 0 Å². The lowest BCUT2D eigenvalue weighted by atomic mass is 9.86. The standard InChI is InChI=1S/C10H18O5S/c1-3-15-10(2,9(11)12)8-5-4-6-16(13,14)7-8/h8H,3-7H2,1-2H3,(H,11,12). The van der Waals surface area contributed by atoms with Gasteiger partial charge in [-0.15, -0.1) is 0 Å². The quantitative estimate of drug-likeness (QED) is 0.794. The first-order valence-corrected chi connectivity index (χ1v) is 7.21. The van der Waals surface area contributed by atoms with E-state index in [-0.39, 0.29) is 18.1 Å². The van der Waals surface area contributed by atoms with Crippen molar-refractivity contribution in [3.05, 3.63) is 0 Å². The summed E-state index contributed by atoms with van der Waals surface area (Å²) in [5, 5.41) is 9.17. The van der Waals surface area contributed by atoms with Crippen molar-refractivity contribution >= 4 is 15.8 Å². The highest BCUT2D eigenvalue weighted by Gasteiger charge is 2.45. The molecule has 1 saturated heterocycles. The molecule has 1 heterocycles. The lowest BCUT2D eigenvalue weighted by Crippen LogP contribution is -2.50. The first-order chi connectivity index (χ1) is 7.32. The predicted molar refractivity (Wildman–Crippen MR) is 59.0 cm³/mol. The van der Waals surface area contributed by atoms with Crippen molar-refractivity contribution in [2.75, 3.05) is 18.1 Å². The van der Waals surface area contributed by atoms with Crippen LogP contribution < -0.4 is 0 Å². The largest absolute Gasteiger partial charge is 0.479 e. The summed E-state index contributed by atoms with van der Waals surface area (Å²) < 4.78 is 28.2. The van der Waals surface area contributed by atoms with Crippen LogP contribution in [0.1, 0.15) is 26.7 Å². The Bertz CT molecular complexity index is 361. The van der Waals surface area contributed by atoms with Crippen LogP contribution in [0.2, 0.25) is 0 Å². The van der Waals surface area contributed by atoms with Gasteiger partial charge in [-0.3, -0.25) is 0 Å². The molecule has 1 aliphatic heterocycles. The molecule has 0 saturated carbocycles. The molecule has 0 spiro atoms. The minimum Gasteiger partial charge on any atom is -0.479 e. The molecule has 2 atom stereocenters. The van der Waals surface area contributed by atoms with Crippen LogP contribution in [0.3, 0.4) is 0 Å². The Balaban J connectivity index is 2.91. The second kappa shape index (κ2) is 4.71. The van der Waals surface area contributed by atoms with Gasteiger partial charge in [-0.2, -0.15) is 0 Å². The lowest BCUT2D eigenvalue weighted by Gasteiger charge is -2.35. The van der Waals surface area contributed by atoms with Gasteiger partial charge in [0.1, 0.15) is 0 Å². The minimum absolute atomic E-state index is 0.0875. The van der Waals surface area contributed by atoms with Crippen LogP contribution in [0, 0.1) is 5.92 Å². The van der Waals surface area contributed by atoms with Crippen LogP contribution in [-0.4, -0.2) is 43.2 Å².